The lowest BCUT2D eigenvalue weighted by molar-refractivity contribution is 0.852. The number of rotatable bonds is 4. The molecule has 0 radical (unpaired) electrons. The van der Waals surface area contributed by atoms with E-state index in [4.69, 9.17) is 0 Å². The third-order valence-corrected chi connectivity index (χ3v) is 6.42. The summed E-state index contributed by atoms with van der Waals surface area (Å²) in [7, 11) is -1.77. The van der Waals surface area contributed by atoms with Crippen LogP contribution in [-0.2, 0) is 12.8 Å². The summed E-state index contributed by atoms with van der Waals surface area (Å²) in [5.41, 5.74) is 0. The molecular weight excluding hydrogens is 228 g/mol. The summed E-state index contributed by atoms with van der Waals surface area (Å²) < 4.78 is 4.71. The summed E-state index contributed by atoms with van der Waals surface area (Å²) in [6.07, 6.45) is 9.94. The van der Waals surface area contributed by atoms with Crippen molar-refractivity contribution in [3.05, 3.63) is 36.4 Å². The molecule has 0 aliphatic carbocycles. The smallest absolute Gasteiger partial charge is 0.268 e. The van der Waals surface area contributed by atoms with Crippen LogP contribution in [0.2, 0.25) is 13.1 Å². The molecule has 4 nitrogen and oxygen atoms in total. The number of aromatic nitrogens is 4. The molecule has 2 heterocycles. The van der Waals surface area contributed by atoms with Crippen molar-refractivity contribution in [1.29, 1.82) is 0 Å². The highest BCUT2D eigenvalue weighted by Gasteiger charge is 2.29. The maximum Gasteiger partial charge on any atom is 0.268 e. The fraction of sp³-hybridized carbons (Fsp3) is 0.500. The number of nitrogens with zero attached hydrogens (tertiary/aromatic N) is 4. The Balaban J connectivity index is 2.49. The highest BCUT2D eigenvalue weighted by atomic mass is 28.3. The molecule has 2 rings (SSSR count). The van der Waals surface area contributed by atoms with Crippen LogP contribution in [0.25, 0.3) is 0 Å². The number of aryl methyl sites for hydroxylation is 2. The lowest BCUT2D eigenvalue weighted by Gasteiger charge is -2.28. The zero-order chi connectivity index (χ0) is 12.5. The lowest BCUT2D eigenvalue weighted by atomic mass is 10.5. The van der Waals surface area contributed by atoms with Crippen LogP contribution in [-0.4, -0.2) is 26.8 Å². The fourth-order valence-electron chi connectivity index (χ4n) is 2.30. The van der Waals surface area contributed by atoms with Gasteiger partial charge in [-0.05, 0) is 13.1 Å². The van der Waals surface area contributed by atoms with Gasteiger partial charge in [0.05, 0.1) is 0 Å². The SMILES string of the molecule is CCc1nccn1[Si](C)(C)n1ccnc1CC. The molecule has 92 valence electrons. The monoisotopic (exact) mass is 248 g/mol. The highest BCUT2D eigenvalue weighted by Crippen LogP contribution is 2.16. The van der Waals surface area contributed by atoms with E-state index in [9.17, 15) is 0 Å². The normalized spacial score (nSPS) is 12.0. The van der Waals surface area contributed by atoms with Crippen LogP contribution in [0.5, 0.6) is 0 Å². The standard InChI is InChI=1S/C12H20N4Si/c1-5-11-13-7-9-15(11)17(3,4)16-10-8-14-12(16)6-2/h7-10H,5-6H2,1-4H3. The van der Waals surface area contributed by atoms with Gasteiger partial charge in [-0.15, -0.1) is 0 Å². The van der Waals surface area contributed by atoms with E-state index in [1.54, 1.807) is 0 Å². The maximum absolute atomic E-state index is 4.43. The fourth-order valence-corrected chi connectivity index (χ4v) is 5.09. The van der Waals surface area contributed by atoms with E-state index in [0.717, 1.165) is 24.5 Å². The minimum Gasteiger partial charge on any atom is -0.343 e. The van der Waals surface area contributed by atoms with Crippen molar-refractivity contribution in [3.63, 3.8) is 0 Å². The molecule has 0 saturated carbocycles. The molecule has 2 aromatic rings. The molecule has 5 heteroatoms. The van der Waals surface area contributed by atoms with E-state index in [1.807, 2.05) is 12.4 Å². The molecule has 0 spiro atoms. The van der Waals surface area contributed by atoms with Crippen molar-refractivity contribution < 1.29 is 0 Å². The van der Waals surface area contributed by atoms with E-state index in [2.05, 4.69) is 57.8 Å². The average molecular weight is 248 g/mol. The third kappa shape index (κ3) is 1.95. The predicted octanol–water partition coefficient (Wildman–Crippen LogP) is 2.30. The zero-order valence-corrected chi connectivity index (χ0v) is 12.0. The van der Waals surface area contributed by atoms with Crippen LogP contribution in [0.15, 0.2) is 24.8 Å². The van der Waals surface area contributed by atoms with E-state index in [-0.39, 0.29) is 0 Å². The van der Waals surface area contributed by atoms with E-state index in [1.165, 1.54) is 0 Å². The predicted molar refractivity (Wildman–Crippen MR) is 71.5 cm³/mol. The van der Waals surface area contributed by atoms with Crippen LogP contribution >= 0.6 is 0 Å². The average Bonchev–Trinajstić information content (AvgIpc) is 2.97. The van der Waals surface area contributed by atoms with Gasteiger partial charge in [0.25, 0.3) is 8.40 Å². The van der Waals surface area contributed by atoms with Gasteiger partial charge >= 0.3 is 0 Å². The van der Waals surface area contributed by atoms with Crippen LogP contribution in [0.4, 0.5) is 0 Å². The van der Waals surface area contributed by atoms with Gasteiger partial charge in [-0.3, -0.25) is 0 Å². The molecule has 17 heavy (non-hydrogen) atoms. The molecule has 0 aliphatic heterocycles. The first kappa shape index (κ1) is 12.1. The van der Waals surface area contributed by atoms with Crippen LogP contribution < -0.4 is 0 Å². The first-order chi connectivity index (χ1) is 8.11. The molecule has 0 atom stereocenters. The summed E-state index contributed by atoms with van der Waals surface area (Å²) in [6.45, 7) is 8.96. The van der Waals surface area contributed by atoms with Crippen molar-refractivity contribution in [3.8, 4) is 0 Å². The van der Waals surface area contributed by atoms with Gasteiger partial charge in [-0.1, -0.05) is 13.8 Å². The topological polar surface area (TPSA) is 35.6 Å². The van der Waals surface area contributed by atoms with Gasteiger partial charge in [-0.2, -0.15) is 0 Å². The van der Waals surface area contributed by atoms with Gasteiger partial charge in [0, 0.05) is 37.6 Å². The Labute approximate surface area is 103 Å². The summed E-state index contributed by atoms with van der Waals surface area (Å²) in [4.78, 5) is 8.86. The Bertz CT molecular complexity index is 454. The van der Waals surface area contributed by atoms with Gasteiger partial charge < -0.3 is 8.47 Å². The number of imidazole rings is 2. The van der Waals surface area contributed by atoms with E-state index in [0.29, 0.717) is 0 Å². The summed E-state index contributed by atoms with van der Waals surface area (Å²) in [5, 5.41) is 0. The summed E-state index contributed by atoms with van der Waals surface area (Å²) in [5.74, 6) is 2.33. The molecular formula is C12H20N4Si. The highest BCUT2D eigenvalue weighted by molar-refractivity contribution is 6.74. The summed E-state index contributed by atoms with van der Waals surface area (Å²) >= 11 is 0. The van der Waals surface area contributed by atoms with Crippen molar-refractivity contribution in [2.75, 3.05) is 0 Å². The third-order valence-electron chi connectivity index (χ3n) is 3.25. The van der Waals surface area contributed by atoms with Crippen molar-refractivity contribution >= 4 is 8.40 Å². The molecule has 0 aromatic carbocycles. The zero-order valence-electron chi connectivity index (χ0n) is 11.0. The largest absolute Gasteiger partial charge is 0.343 e. The van der Waals surface area contributed by atoms with Crippen LogP contribution in [0.1, 0.15) is 25.5 Å². The van der Waals surface area contributed by atoms with Crippen molar-refractivity contribution in [2.24, 2.45) is 0 Å². The van der Waals surface area contributed by atoms with Gasteiger partial charge in [0.15, 0.2) is 0 Å². The first-order valence-electron chi connectivity index (χ1n) is 6.16. The minimum atomic E-state index is -1.77. The molecule has 0 unspecified atom stereocenters. The molecule has 0 amide bonds. The molecule has 0 N–H and O–H groups in total. The Morgan fingerprint density at radius 1 is 0.941 bits per heavy atom. The number of hydrogen-bond acceptors (Lipinski definition) is 2. The molecule has 0 aliphatic rings. The number of hydrogen-bond donors (Lipinski definition) is 0. The molecule has 2 aromatic heterocycles. The first-order valence-corrected chi connectivity index (χ1v) is 9.06. The van der Waals surface area contributed by atoms with E-state index >= 15 is 0 Å². The van der Waals surface area contributed by atoms with Gasteiger partial charge in [-0.25, -0.2) is 9.97 Å². The second kappa shape index (κ2) is 4.48. The maximum atomic E-state index is 4.43. The Morgan fingerprint density at radius 2 is 1.35 bits per heavy atom. The van der Waals surface area contributed by atoms with Crippen molar-refractivity contribution in [2.45, 2.75) is 39.8 Å². The van der Waals surface area contributed by atoms with Gasteiger partial charge in [0.1, 0.15) is 11.6 Å². The Hall–Kier alpha value is -1.36. The molecule has 0 saturated heterocycles. The van der Waals surface area contributed by atoms with Crippen LogP contribution in [0.3, 0.4) is 0 Å². The van der Waals surface area contributed by atoms with Crippen LogP contribution in [0, 0.1) is 0 Å². The second-order valence-electron chi connectivity index (χ2n) is 4.63. The minimum absolute atomic E-state index is 0.972. The van der Waals surface area contributed by atoms with Gasteiger partial charge in [0.2, 0.25) is 0 Å². The molecule has 0 fully saturated rings. The van der Waals surface area contributed by atoms with Crippen molar-refractivity contribution in [1.82, 2.24) is 18.4 Å². The quantitative estimate of drug-likeness (QED) is 0.778. The lowest BCUT2D eigenvalue weighted by Crippen LogP contribution is -2.46. The molecule has 0 bridgehead atoms. The summed E-state index contributed by atoms with van der Waals surface area (Å²) in [6, 6.07) is 0. The Morgan fingerprint density at radius 3 is 1.71 bits per heavy atom. The Kier molecular flexibility index (Phi) is 3.19. The van der Waals surface area contributed by atoms with E-state index < -0.39 is 8.40 Å². The second-order valence-corrected chi connectivity index (χ2v) is 8.58.